The number of cyclic esters (lactones) is 1. The minimum absolute atomic E-state index is 0.00711. The van der Waals surface area contributed by atoms with E-state index in [1.807, 2.05) is 12.1 Å². The molecular formula is C22H32N2O4. The second-order valence-corrected chi connectivity index (χ2v) is 8.67. The van der Waals surface area contributed by atoms with Gasteiger partial charge in [-0.25, -0.2) is 0 Å². The van der Waals surface area contributed by atoms with Crippen LogP contribution in [0.4, 0.5) is 0 Å². The minimum Gasteiger partial charge on any atom is -0.497 e. The van der Waals surface area contributed by atoms with Crippen LogP contribution < -0.4 is 4.74 Å². The van der Waals surface area contributed by atoms with Crippen LogP contribution >= 0.6 is 0 Å². The average molecular weight is 389 g/mol. The molecule has 6 nitrogen and oxygen atoms in total. The number of nitrogens with zero attached hydrogens (tertiary/aromatic N) is 2. The lowest BCUT2D eigenvalue weighted by Gasteiger charge is -2.36. The highest BCUT2D eigenvalue weighted by atomic mass is 16.6. The molecule has 1 unspecified atom stereocenters. The van der Waals surface area contributed by atoms with Gasteiger partial charge in [0, 0.05) is 32.6 Å². The molecule has 0 amide bonds. The number of benzene rings is 1. The predicted octanol–water partition coefficient (Wildman–Crippen LogP) is 2.05. The number of aliphatic hydroxyl groups is 1. The quantitative estimate of drug-likeness (QED) is 0.779. The van der Waals surface area contributed by atoms with E-state index >= 15 is 0 Å². The van der Waals surface area contributed by atoms with E-state index in [0.717, 1.165) is 77.1 Å². The van der Waals surface area contributed by atoms with Gasteiger partial charge in [-0.05, 0) is 56.5 Å². The molecule has 1 atom stereocenters. The number of carbonyl (C=O) groups excluding carboxylic acids is 1. The van der Waals surface area contributed by atoms with Gasteiger partial charge in [-0.3, -0.25) is 14.6 Å². The lowest BCUT2D eigenvalue weighted by Crippen LogP contribution is -2.42. The molecule has 3 fully saturated rings. The Balaban J connectivity index is 1.29. The fourth-order valence-electron chi connectivity index (χ4n) is 4.91. The second kappa shape index (κ2) is 8.39. The number of ether oxygens (including phenoxy) is 2. The van der Waals surface area contributed by atoms with Crippen LogP contribution in [0.3, 0.4) is 0 Å². The smallest absolute Gasteiger partial charge is 0.312 e. The van der Waals surface area contributed by atoms with Crippen molar-refractivity contribution in [1.82, 2.24) is 9.80 Å². The highest BCUT2D eigenvalue weighted by Gasteiger charge is 2.50. The molecule has 0 aromatic heterocycles. The van der Waals surface area contributed by atoms with Crippen molar-refractivity contribution in [3.63, 3.8) is 0 Å². The third-order valence-electron chi connectivity index (χ3n) is 6.70. The Morgan fingerprint density at radius 3 is 2.64 bits per heavy atom. The number of likely N-dealkylation sites (tertiary alicyclic amines) is 2. The van der Waals surface area contributed by atoms with Gasteiger partial charge in [-0.2, -0.15) is 0 Å². The summed E-state index contributed by atoms with van der Waals surface area (Å²) in [4.78, 5) is 17.4. The van der Waals surface area contributed by atoms with Gasteiger partial charge < -0.3 is 14.6 Å². The molecule has 1 aromatic carbocycles. The fourth-order valence-corrected chi connectivity index (χ4v) is 4.91. The maximum Gasteiger partial charge on any atom is 0.312 e. The Bertz CT molecular complexity index is 679. The van der Waals surface area contributed by atoms with Gasteiger partial charge in [0.1, 0.15) is 11.9 Å². The Hall–Kier alpha value is -1.63. The van der Waals surface area contributed by atoms with Crippen molar-refractivity contribution in [3.05, 3.63) is 29.8 Å². The monoisotopic (exact) mass is 388 g/mol. The predicted molar refractivity (Wildman–Crippen MR) is 106 cm³/mol. The number of methoxy groups -OCH3 is 1. The Kier molecular flexibility index (Phi) is 5.90. The van der Waals surface area contributed by atoms with Crippen LogP contribution in [0.15, 0.2) is 24.3 Å². The summed E-state index contributed by atoms with van der Waals surface area (Å²) in [6.07, 6.45) is 4.10. The summed E-state index contributed by atoms with van der Waals surface area (Å²) in [6.45, 7) is 5.35. The zero-order valence-electron chi connectivity index (χ0n) is 16.8. The molecule has 6 heteroatoms. The molecule has 0 radical (unpaired) electrons. The third kappa shape index (κ3) is 4.34. The van der Waals surface area contributed by atoms with E-state index in [1.54, 1.807) is 7.11 Å². The molecule has 0 bridgehead atoms. The SMILES string of the molecule is COc1cccc(CN2CCC3(CC2)CC(CN2CCC(O)CC2)OC3=O)c1. The van der Waals surface area contributed by atoms with Crippen molar-refractivity contribution < 1.29 is 19.4 Å². The Morgan fingerprint density at radius 2 is 1.93 bits per heavy atom. The fraction of sp³-hybridized carbons (Fsp3) is 0.682. The van der Waals surface area contributed by atoms with E-state index in [0.29, 0.717) is 0 Å². The summed E-state index contributed by atoms with van der Waals surface area (Å²) in [5.41, 5.74) is 0.958. The maximum absolute atomic E-state index is 12.7. The first-order valence-corrected chi connectivity index (χ1v) is 10.5. The van der Waals surface area contributed by atoms with E-state index in [2.05, 4.69) is 21.9 Å². The molecule has 3 aliphatic rings. The topological polar surface area (TPSA) is 62.2 Å². The number of hydrogen-bond acceptors (Lipinski definition) is 6. The summed E-state index contributed by atoms with van der Waals surface area (Å²) in [6, 6.07) is 8.20. The highest BCUT2D eigenvalue weighted by Crippen LogP contribution is 2.43. The first-order chi connectivity index (χ1) is 13.6. The van der Waals surface area contributed by atoms with Crippen LogP contribution in [0.1, 0.15) is 37.7 Å². The van der Waals surface area contributed by atoms with E-state index in [4.69, 9.17) is 9.47 Å². The van der Waals surface area contributed by atoms with Gasteiger partial charge in [-0.15, -0.1) is 0 Å². The van der Waals surface area contributed by atoms with E-state index in [9.17, 15) is 9.90 Å². The van der Waals surface area contributed by atoms with Gasteiger partial charge in [0.05, 0.1) is 18.6 Å². The summed E-state index contributed by atoms with van der Waals surface area (Å²) in [5, 5.41) is 9.66. The third-order valence-corrected chi connectivity index (χ3v) is 6.70. The van der Waals surface area contributed by atoms with Crippen molar-refractivity contribution in [1.29, 1.82) is 0 Å². The zero-order valence-corrected chi connectivity index (χ0v) is 16.8. The number of esters is 1. The number of aliphatic hydroxyl groups excluding tert-OH is 1. The molecule has 1 N–H and O–H groups in total. The summed E-state index contributed by atoms with van der Waals surface area (Å²) in [7, 11) is 1.69. The lowest BCUT2D eigenvalue weighted by atomic mass is 9.76. The minimum atomic E-state index is -0.287. The van der Waals surface area contributed by atoms with Crippen molar-refractivity contribution in [3.8, 4) is 5.75 Å². The Labute approximate surface area is 167 Å². The molecule has 3 heterocycles. The Morgan fingerprint density at radius 1 is 1.18 bits per heavy atom. The maximum atomic E-state index is 12.7. The van der Waals surface area contributed by atoms with Crippen LogP contribution in [0.2, 0.25) is 0 Å². The van der Waals surface area contributed by atoms with Gasteiger partial charge in [0.2, 0.25) is 0 Å². The van der Waals surface area contributed by atoms with Gasteiger partial charge in [0.15, 0.2) is 0 Å². The number of rotatable bonds is 5. The van der Waals surface area contributed by atoms with Crippen molar-refractivity contribution >= 4 is 5.97 Å². The first kappa shape index (κ1) is 19.7. The van der Waals surface area contributed by atoms with Gasteiger partial charge in [-0.1, -0.05) is 12.1 Å². The molecule has 154 valence electrons. The molecule has 28 heavy (non-hydrogen) atoms. The number of piperidine rings is 2. The number of carbonyl (C=O) groups is 1. The first-order valence-electron chi connectivity index (χ1n) is 10.5. The molecule has 3 saturated heterocycles. The number of hydrogen-bond donors (Lipinski definition) is 1. The largest absolute Gasteiger partial charge is 0.497 e. The highest BCUT2D eigenvalue weighted by molar-refractivity contribution is 5.79. The summed E-state index contributed by atoms with van der Waals surface area (Å²) < 4.78 is 11.1. The van der Waals surface area contributed by atoms with E-state index in [1.165, 1.54) is 5.56 Å². The van der Waals surface area contributed by atoms with Crippen LogP contribution in [-0.4, -0.2) is 72.9 Å². The summed E-state index contributed by atoms with van der Waals surface area (Å²) in [5.74, 6) is 0.897. The van der Waals surface area contributed by atoms with Crippen LogP contribution in [0.5, 0.6) is 5.75 Å². The van der Waals surface area contributed by atoms with Crippen molar-refractivity contribution in [2.24, 2.45) is 5.41 Å². The average Bonchev–Trinajstić information content (AvgIpc) is 3.00. The normalized spacial score (nSPS) is 26.5. The molecular weight excluding hydrogens is 356 g/mol. The van der Waals surface area contributed by atoms with Gasteiger partial charge in [0.25, 0.3) is 0 Å². The molecule has 0 aliphatic carbocycles. The summed E-state index contributed by atoms with van der Waals surface area (Å²) >= 11 is 0. The van der Waals surface area contributed by atoms with E-state index in [-0.39, 0.29) is 23.6 Å². The van der Waals surface area contributed by atoms with E-state index < -0.39 is 0 Å². The van der Waals surface area contributed by atoms with Crippen molar-refractivity contribution in [2.75, 3.05) is 39.8 Å². The lowest BCUT2D eigenvalue weighted by molar-refractivity contribution is -0.151. The molecule has 1 aromatic rings. The van der Waals surface area contributed by atoms with Crippen LogP contribution in [0, 0.1) is 5.41 Å². The van der Waals surface area contributed by atoms with Gasteiger partial charge >= 0.3 is 5.97 Å². The van der Waals surface area contributed by atoms with Crippen LogP contribution in [0.25, 0.3) is 0 Å². The zero-order chi connectivity index (χ0) is 19.6. The molecule has 3 aliphatic heterocycles. The van der Waals surface area contributed by atoms with Crippen molar-refractivity contribution in [2.45, 2.75) is 50.9 Å². The second-order valence-electron chi connectivity index (χ2n) is 8.67. The molecule has 1 spiro atoms. The molecule has 0 saturated carbocycles. The van der Waals surface area contributed by atoms with Crippen LogP contribution in [-0.2, 0) is 16.1 Å². The standard InChI is InChI=1S/C22H32N2O4/c1-27-19-4-2-3-17(13-19)15-24-11-7-22(8-12-24)14-20(28-21(22)26)16-23-9-5-18(25)6-10-23/h2-4,13,18,20,25H,5-12,14-16H2,1H3. The molecule has 4 rings (SSSR count).